The van der Waals surface area contributed by atoms with Crippen LogP contribution in [0.15, 0.2) is 71.7 Å². The van der Waals surface area contributed by atoms with E-state index in [1.54, 1.807) is 24.9 Å². The highest BCUT2D eigenvalue weighted by Gasteiger charge is 2.11. The number of hydrogen-bond acceptors (Lipinski definition) is 5. The highest BCUT2D eigenvalue weighted by Crippen LogP contribution is 2.29. The van der Waals surface area contributed by atoms with Crippen molar-refractivity contribution in [2.45, 2.75) is 6.54 Å². The number of H-pyrrole nitrogens is 1. The molecule has 4 rings (SSSR count). The standard InChI is InChI=1S/C18H15N5O/c1-2-7-19-16(5-1)18-15(12-22-23-18)13-6-8-20-17(10-13)21-11-14-4-3-9-24-14/h1-10,12H,11H2,(H,20,21)(H,22,23). The molecule has 0 spiro atoms. The van der Waals surface area contributed by atoms with Gasteiger partial charge >= 0.3 is 0 Å². The Hall–Kier alpha value is -3.41. The van der Waals surface area contributed by atoms with E-state index in [9.17, 15) is 0 Å². The van der Waals surface area contributed by atoms with Crippen LogP contribution in [0.25, 0.3) is 22.5 Å². The quantitative estimate of drug-likeness (QED) is 0.586. The summed E-state index contributed by atoms with van der Waals surface area (Å²) in [4.78, 5) is 8.74. The van der Waals surface area contributed by atoms with Crippen LogP contribution >= 0.6 is 0 Å². The third-order valence-corrected chi connectivity index (χ3v) is 3.66. The van der Waals surface area contributed by atoms with Crippen LogP contribution in [-0.4, -0.2) is 20.2 Å². The second kappa shape index (κ2) is 6.37. The van der Waals surface area contributed by atoms with Gasteiger partial charge in [-0.25, -0.2) is 4.98 Å². The van der Waals surface area contributed by atoms with E-state index >= 15 is 0 Å². The SMILES string of the molecule is c1ccc(-c2[nH]ncc2-c2ccnc(NCc3ccco3)c2)nc1. The molecule has 0 aliphatic carbocycles. The lowest BCUT2D eigenvalue weighted by molar-refractivity contribution is 0.518. The fraction of sp³-hybridized carbons (Fsp3) is 0.0556. The Bertz CT molecular complexity index is 916. The van der Waals surface area contributed by atoms with Crippen LogP contribution in [0.2, 0.25) is 0 Å². The van der Waals surface area contributed by atoms with E-state index in [4.69, 9.17) is 4.42 Å². The Morgan fingerprint density at radius 3 is 2.88 bits per heavy atom. The van der Waals surface area contributed by atoms with E-state index in [1.165, 1.54) is 0 Å². The van der Waals surface area contributed by atoms with Gasteiger partial charge in [-0.2, -0.15) is 5.10 Å². The average Bonchev–Trinajstić information content (AvgIpc) is 3.33. The summed E-state index contributed by atoms with van der Waals surface area (Å²) in [5, 5.41) is 10.5. The Morgan fingerprint density at radius 1 is 1.04 bits per heavy atom. The van der Waals surface area contributed by atoms with Crippen molar-refractivity contribution in [3.05, 3.63) is 73.1 Å². The number of hydrogen-bond donors (Lipinski definition) is 2. The third-order valence-electron chi connectivity index (χ3n) is 3.66. The summed E-state index contributed by atoms with van der Waals surface area (Å²) in [6.45, 7) is 0.585. The zero-order chi connectivity index (χ0) is 16.2. The molecule has 0 amide bonds. The number of furan rings is 1. The molecule has 0 unspecified atom stereocenters. The van der Waals surface area contributed by atoms with E-state index < -0.39 is 0 Å². The van der Waals surface area contributed by atoms with Gasteiger partial charge < -0.3 is 9.73 Å². The molecule has 0 fully saturated rings. The Balaban J connectivity index is 1.61. The first-order chi connectivity index (χ1) is 11.9. The lowest BCUT2D eigenvalue weighted by atomic mass is 10.1. The fourth-order valence-electron chi connectivity index (χ4n) is 2.50. The number of pyridine rings is 2. The zero-order valence-corrected chi connectivity index (χ0v) is 12.8. The van der Waals surface area contributed by atoms with Gasteiger partial charge in [0.2, 0.25) is 0 Å². The maximum atomic E-state index is 5.32. The van der Waals surface area contributed by atoms with Crippen molar-refractivity contribution >= 4 is 5.82 Å². The predicted octanol–water partition coefficient (Wildman–Crippen LogP) is 3.74. The maximum Gasteiger partial charge on any atom is 0.126 e. The van der Waals surface area contributed by atoms with Crippen LogP contribution in [0.3, 0.4) is 0 Å². The largest absolute Gasteiger partial charge is 0.467 e. The summed E-state index contributed by atoms with van der Waals surface area (Å²) < 4.78 is 5.32. The van der Waals surface area contributed by atoms with Crippen LogP contribution in [0, 0.1) is 0 Å². The Kier molecular flexibility index (Phi) is 3.77. The number of anilines is 1. The van der Waals surface area contributed by atoms with Crippen LogP contribution < -0.4 is 5.32 Å². The molecule has 0 radical (unpaired) electrons. The van der Waals surface area contributed by atoms with E-state index in [1.807, 2.05) is 42.5 Å². The summed E-state index contributed by atoms with van der Waals surface area (Å²) in [6.07, 6.45) is 7.00. The van der Waals surface area contributed by atoms with Gasteiger partial charge in [-0.15, -0.1) is 0 Å². The van der Waals surface area contributed by atoms with E-state index in [0.29, 0.717) is 6.54 Å². The normalized spacial score (nSPS) is 10.7. The lowest BCUT2D eigenvalue weighted by Crippen LogP contribution is -2.00. The van der Waals surface area contributed by atoms with E-state index in [0.717, 1.165) is 34.1 Å². The van der Waals surface area contributed by atoms with Gasteiger partial charge in [-0.05, 0) is 42.0 Å². The van der Waals surface area contributed by atoms with Gasteiger partial charge in [0.05, 0.1) is 30.4 Å². The third kappa shape index (κ3) is 2.89. The second-order valence-electron chi connectivity index (χ2n) is 5.24. The highest BCUT2D eigenvalue weighted by atomic mass is 16.3. The monoisotopic (exact) mass is 317 g/mol. The summed E-state index contributed by atoms with van der Waals surface area (Å²) in [5.74, 6) is 1.64. The molecule has 0 atom stereocenters. The molecule has 2 N–H and O–H groups in total. The van der Waals surface area contributed by atoms with Gasteiger partial charge in [0.1, 0.15) is 11.6 Å². The van der Waals surface area contributed by atoms with Gasteiger partial charge in [0.15, 0.2) is 0 Å². The molecule has 0 bridgehead atoms. The number of aromatic amines is 1. The number of nitrogens with zero attached hydrogens (tertiary/aromatic N) is 3. The van der Waals surface area contributed by atoms with Gasteiger partial charge in [0, 0.05) is 18.0 Å². The van der Waals surface area contributed by atoms with E-state index in [2.05, 4.69) is 25.5 Å². The highest BCUT2D eigenvalue weighted by molar-refractivity contribution is 5.79. The first kappa shape index (κ1) is 14.2. The van der Waals surface area contributed by atoms with Gasteiger partial charge in [0.25, 0.3) is 0 Å². The molecular weight excluding hydrogens is 302 g/mol. The van der Waals surface area contributed by atoms with Crippen LogP contribution in [0.5, 0.6) is 0 Å². The molecular formula is C18H15N5O. The first-order valence-electron chi connectivity index (χ1n) is 7.57. The minimum Gasteiger partial charge on any atom is -0.467 e. The molecule has 0 saturated carbocycles. The smallest absolute Gasteiger partial charge is 0.126 e. The molecule has 6 heteroatoms. The van der Waals surface area contributed by atoms with Crippen molar-refractivity contribution < 1.29 is 4.42 Å². The zero-order valence-electron chi connectivity index (χ0n) is 12.8. The second-order valence-corrected chi connectivity index (χ2v) is 5.24. The predicted molar refractivity (Wildman–Crippen MR) is 91.1 cm³/mol. The Labute approximate surface area is 138 Å². The topological polar surface area (TPSA) is 79.6 Å². The molecule has 0 aromatic carbocycles. The molecule has 0 aliphatic heterocycles. The summed E-state index contributed by atoms with van der Waals surface area (Å²) >= 11 is 0. The fourth-order valence-corrected chi connectivity index (χ4v) is 2.50. The number of aromatic nitrogens is 4. The van der Waals surface area contributed by atoms with Crippen LogP contribution in [-0.2, 0) is 6.54 Å². The first-order valence-corrected chi connectivity index (χ1v) is 7.57. The molecule has 24 heavy (non-hydrogen) atoms. The molecule has 4 heterocycles. The lowest BCUT2D eigenvalue weighted by Gasteiger charge is -2.07. The van der Waals surface area contributed by atoms with Crippen molar-refractivity contribution in [2.24, 2.45) is 0 Å². The molecule has 6 nitrogen and oxygen atoms in total. The molecule has 4 aromatic heterocycles. The maximum absolute atomic E-state index is 5.32. The van der Waals surface area contributed by atoms with Crippen molar-refractivity contribution in [1.29, 1.82) is 0 Å². The minimum absolute atomic E-state index is 0.585. The summed E-state index contributed by atoms with van der Waals surface area (Å²) in [5.41, 5.74) is 3.74. The summed E-state index contributed by atoms with van der Waals surface area (Å²) in [7, 11) is 0. The minimum atomic E-state index is 0.585. The van der Waals surface area contributed by atoms with Crippen molar-refractivity contribution in [3.8, 4) is 22.5 Å². The molecule has 0 saturated heterocycles. The Morgan fingerprint density at radius 2 is 2.04 bits per heavy atom. The van der Waals surface area contributed by atoms with Gasteiger partial charge in [-0.1, -0.05) is 6.07 Å². The van der Waals surface area contributed by atoms with Crippen LogP contribution in [0.1, 0.15) is 5.76 Å². The number of rotatable bonds is 5. The van der Waals surface area contributed by atoms with Crippen LogP contribution in [0.4, 0.5) is 5.82 Å². The van der Waals surface area contributed by atoms with Crippen molar-refractivity contribution in [3.63, 3.8) is 0 Å². The van der Waals surface area contributed by atoms with Gasteiger partial charge in [-0.3, -0.25) is 10.1 Å². The van der Waals surface area contributed by atoms with Crippen molar-refractivity contribution in [2.75, 3.05) is 5.32 Å². The molecule has 4 aromatic rings. The average molecular weight is 317 g/mol. The molecule has 0 aliphatic rings. The van der Waals surface area contributed by atoms with Crippen molar-refractivity contribution in [1.82, 2.24) is 20.2 Å². The van der Waals surface area contributed by atoms with E-state index in [-0.39, 0.29) is 0 Å². The summed E-state index contributed by atoms with van der Waals surface area (Å²) in [6, 6.07) is 13.5. The molecule has 118 valence electrons. The number of nitrogens with one attached hydrogen (secondary N) is 2.